The normalized spacial score (nSPS) is 19.6. The zero-order valence-electron chi connectivity index (χ0n) is 7.36. The topological polar surface area (TPSA) is 62.1 Å². The summed E-state index contributed by atoms with van der Waals surface area (Å²) in [6.07, 6.45) is -0.428. The maximum atomic E-state index is 10.8. The number of nitrogens with zero attached hydrogens (tertiary/aromatic N) is 1. The van der Waals surface area contributed by atoms with Crippen molar-refractivity contribution in [3.8, 4) is 6.07 Å². The molecule has 70 valence electrons. The van der Waals surface area contributed by atoms with E-state index in [1.165, 1.54) is 0 Å². The Morgan fingerprint density at radius 2 is 2.29 bits per heavy atom. The van der Waals surface area contributed by atoms with Crippen molar-refractivity contribution in [3.63, 3.8) is 0 Å². The predicted molar refractivity (Wildman–Crippen MR) is 48.4 cm³/mol. The highest BCUT2D eigenvalue weighted by molar-refractivity contribution is 5.70. The van der Waals surface area contributed by atoms with Gasteiger partial charge in [-0.3, -0.25) is 0 Å². The van der Waals surface area contributed by atoms with E-state index in [-0.39, 0.29) is 12.6 Å². The predicted octanol–water partition coefficient (Wildman–Crippen LogP) is 1.34. The minimum atomic E-state index is -0.428. The van der Waals surface area contributed by atoms with Crippen LogP contribution in [0, 0.1) is 11.3 Å². The molecule has 1 aliphatic rings. The molecular formula is C10H8N2O2. The molecule has 0 saturated carbocycles. The number of rotatable bonds is 1. The maximum absolute atomic E-state index is 10.8. The quantitative estimate of drug-likeness (QED) is 0.723. The molecule has 1 heterocycles. The molecule has 0 bridgehead atoms. The average molecular weight is 188 g/mol. The lowest BCUT2D eigenvalue weighted by molar-refractivity contribution is 0.177. The Morgan fingerprint density at radius 1 is 1.50 bits per heavy atom. The fourth-order valence-electron chi connectivity index (χ4n) is 1.45. The highest BCUT2D eigenvalue weighted by Crippen LogP contribution is 2.21. The summed E-state index contributed by atoms with van der Waals surface area (Å²) in [6.45, 7) is 0.289. The lowest BCUT2D eigenvalue weighted by Crippen LogP contribution is -2.19. The van der Waals surface area contributed by atoms with Gasteiger partial charge in [-0.2, -0.15) is 5.26 Å². The van der Waals surface area contributed by atoms with Crippen molar-refractivity contribution >= 4 is 6.09 Å². The van der Waals surface area contributed by atoms with Crippen LogP contribution in [0.4, 0.5) is 4.79 Å². The summed E-state index contributed by atoms with van der Waals surface area (Å²) in [5.74, 6) is 0. The fourth-order valence-corrected chi connectivity index (χ4v) is 1.45. The van der Waals surface area contributed by atoms with Crippen LogP contribution in [0.5, 0.6) is 0 Å². The van der Waals surface area contributed by atoms with Crippen LogP contribution in [0.2, 0.25) is 0 Å². The average Bonchev–Trinajstić information content (AvgIpc) is 2.65. The van der Waals surface area contributed by atoms with Gasteiger partial charge < -0.3 is 10.1 Å². The zero-order valence-corrected chi connectivity index (χ0v) is 7.36. The summed E-state index contributed by atoms with van der Waals surface area (Å²) in [7, 11) is 0. The highest BCUT2D eigenvalue weighted by Gasteiger charge is 2.25. The number of ether oxygens (including phenoxy) is 1. The van der Waals surface area contributed by atoms with Crippen molar-refractivity contribution < 1.29 is 9.53 Å². The number of hydrogen-bond donors (Lipinski definition) is 1. The van der Waals surface area contributed by atoms with Crippen molar-refractivity contribution in [1.82, 2.24) is 5.32 Å². The third kappa shape index (κ3) is 1.40. The van der Waals surface area contributed by atoms with Gasteiger partial charge in [0.05, 0.1) is 17.7 Å². The molecule has 1 amide bonds. The van der Waals surface area contributed by atoms with Crippen LogP contribution < -0.4 is 5.32 Å². The number of nitrogens with one attached hydrogen (secondary N) is 1. The van der Waals surface area contributed by atoms with Crippen molar-refractivity contribution in [2.24, 2.45) is 0 Å². The van der Waals surface area contributed by atoms with E-state index in [1.54, 1.807) is 12.1 Å². The molecular weight excluding hydrogens is 180 g/mol. The third-order valence-corrected chi connectivity index (χ3v) is 2.13. The Morgan fingerprint density at radius 3 is 2.93 bits per heavy atom. The number of benzene rings is 1. The van der Waals surface area contributed by atoms with Crippen molar-refractivity contribution in [1.29, 1.82) is 5.26 Å². The van der Waals surface area contributed by atoms with E-state index in [4.69, 9.17) is 10.00 Å². The van der Waals surface area contributed by atoms with Gasteiger partial charge in [-0.15, -0.1) is 0 Å². The SMILES string of the molecule is N#Cc1ccccc1[C@H]1COC(=O)N1. The van der Waals surface area contributed by atoms with Crippen LogP contribution in [-0.2, 0) is 4.74 Å². The number of carbonyl (C=O) groups is 1. The van der Waals surface area contributed by atoms with E-state index < -0.39 is 6.09 Å². The Hall–Kier alpha value is -2.02. The largest absolute Gasteiger partial charge is 0.447 e. The smallest absolute Gasteiger partial charge is 0.407 e. The molecule has 1 aliphatic heterocycles. The van der Waals surface area contributed by atoms with E-state index in [9.17, 15) is 4.79 Å². The number of nitriles is 1. The molecule has 4 nitrogen and oxygen atoms in total. The highest BCUT2D eigenvalue weighted by atomic mass is 16.6. The monoisotopic (exact) mass is 188 g/mol. The van der Waals surface area contributed by atoms with Crippen LogP contribution in [-0.4, -0.2) is 12.7 Å². The lowest BCUT2D eigenvalue weighted by atomic mass is 10.0. The lowest BCUT2D eigenvalue weighted by Gasteiger charge is -2.08. The zero-order chi connectivity index (χ0) is 9.97. The van der Waals surface area contributed by atoms with E-state index in [0.717, 1.165) is 5.56 Å². The molecule has 4 heteroatoms. The van der Waals surface area contributed by atoms with Gasteiger partial charge in [-0.05, 0) is 11.6 Å². The van der Waals surface area contributed by atoms with Gasteiger partial charge in [-0.25, -0.2) is 4.79 Å². The first-order valence-corrected chi connectivity index (χ1v) is 4.23. The van der Waals surface area contributed by atoms with Gasteiger partial charge in [0.15, 0.2) is 0 Å². The first-order valence-electron chi connectivity index (χ1n) is 4.23. The molecule has 1 saturated heterocycles. The number of carbonyl (C=O) groups excluding carboxylic acids is 1. The molecule has 0 unspecified atom stereocenters. The van der Waals surface area contributed by atoms with E-state index in [2.05, 4.69) is 11.4 Å². The van der Waals surface area contributed by atoms with Crippen molar-refractivity contribution in [3.05, 3.63) is 35.4 Å². The minimum Gasteiger partial charge on any atom is -0.447 e. The maximum Gasteiger partial charge on any atom is 0.407 e. The van der Waals surface area contributed by atoms with Crippen molar-refractivity contribution in [2.75, 3.05) is 6.61 Å². The van der Waals surface area contributed by atoms with E-state index in [0.29, 0.717) is 5.56 Å². The molecule has 1 aromatic carbocycles. The summed E-state index contributed by atoms with van der Waals surface area (Å²) in [5, 5.41) is 11.5. The standard InChI is InChI=1S/C10H8N2O2/c11-5-7-3-1-2-4-8(7)9-6-14-10(13)12-9/h1-4,9H,6H2,(H,12,13)/t9-/m1/s1. The van der Waals surface area contributed by atoms with Gasteiger partial charge in [0, 0.05) is 0 Å². The summed E-state index contributed by atoms with van der Waals surface area (Å²) < 4.78 is 4.76. The summed E-state index contributed by atoms with van der Waals surface area (Å²) >= 11 is 0. The van der Waals surface area contributed by atoms with Gasteiger partial charge in [-0.1, -0.05) is 18.2 Å². The molecule has 0 aliphatic carbocycles. The summed E-state index contributed by atoms with van der Waals surface area (Å²) in [6, 6.07) is 9.05. The molecule has 1 aromatic rings. The second-order valence-corrected chi connectivity index (χ2v) is 2.99. The summed E-state index contributed by atoms with van der Waals surface area (Å²) in [4.78, 5) is 10.8. The molecule has 0 spiro atoms. The molecule has 2 rings (SSSR count). The Kier molecular flexibility index (Phi) is 2.07. The van der Waals surface area contributed by atoms with Gasteiger partial charge in [0.25, 0.3) is 0 Å². The number of alkyl carbamates (subject to hydrolysis) is 1. The van der Waals surface area contributed by atoms with Crippen LogP contribution >= 0.6 is 0 Å². The third-order valence-electron chi connectivity index (χ3n) is 2.13. The first-order chi connectivity index (χ1) is 6.81. The fraction of sp³-hybridized carbons (Fsp3) is 0.200. The molecule has 0 radical (unpaired) electrons. The molecule has 1 atom stereocenters. The molecule has 1 fully saturated rings. The summed E-state index contributed by atoms with van der Waals surface area (Å²) in [5.41, 5.74) is 1.38. The van der Waals surface area contributed by atoms with Crippen LogP contribution in [0.15, 0.2) is 24.3 Å². The number of amides is 1. The Bertz CT molecular complexity index is 409. The van der Waals surface area contributed by atoms with Gasteiger partial charge in [0.1, 0.15) is 6.61 Å². The molecule has 14 heavy (non-hydrogen) atoms. The van der Waals surface area contributed by atoms with Crippen molar-refractivity contribution in [2.45, 2.75) is 6.04 Å². The Balaban J connectivity index is 2.33. The second-order valence-electron chi connectivity index (χ2n) is 2.99. The Labute approximate surface area is 81.1 Å². The second kappa shape index (κ2) is 3.38. The van der Waals surface area contributed by atoms with Gasteiger partial charge in [0.2, 0.25) is 0 Å². The van der Waals surface area contributed by atoms with E-state index >= 15 is 0 Å². The molecule has 0 aromatic heterocycles. The van der Waals surface area contributed by atoms with Crippen LogP contribution in [0.25, 0.3) is 0 Å². The molecule has 1 N–H and O–H groups in total. The minimum absolute atomic E-state index is 0.196. The first kappa shape index (κ1) is 8.57. The number of cyclic esters (lactones) is 1. The van der Waals surface area contributed by atoms with Crippen LogP contribution in [0.3, 0.4) is 0 Å². The van der Waals surface area contributed by atoms with Gasteiger partial charge >= 0.3 is 6.09 Å². The van der Waals surface area contributed by atoms with E-state index in [1.807, 2.05) is 12.1 Å². The number of hydrogen-bond acceptors (Lipinski definition) is 3. The van der Waals surface area contributed by atoms with Crippen LogP contribution in [0.1, 0.15) is 17.2 Å².